The molecule has 1 heterocycles. The van der Waals surface area contributed by atoms with Crippen LogP contribution in [0.1, 0.15) is 35.2 Å². The number of aryl methyl sites for hydroxylation is 1. The molecule has 2 aromatic rings. The molecule has 0 aromatic heterocycles. The first-order chi connectivity index (χ1) is 11.7. The van der Waals surface area contributed by atoms with Gasteiger partial charge in [-0.25, -0.2) is 0 Å². The molecule has 0 unspecified atom stereocenters. The maximum Gasteiger partial charge on any atom is 0.256 e. The minimum atomic E-state index is -0.0344. The Kier molecular flexibility index (Phi) is 5.46. The van der Waals surface area contributed by atoms with Gasteiger partial charge in [-0.3, -0.25) is 4.79 Å². The molecule has 3 nitrogen and oxygen atoms in total. The van der Waals surface area contributed by atoms with Gasteiger partial charge in [-0.05, 0) is 62.3 Å². The quantitative estimate of drug-likeness (QED) is 0.799. The summed E-state index contributed by atoms with van der Waals surface area (Å²) >= 11 is 1.65. The lowest BCUT2D eigenvalue weighted by Crippen LogP contribution is -2.30. The number of nitrogens with one attached hydrogen (secondary N) is 1. The highest BCUT2D eigenvalue weighted by Gasteiger charge is 2.17. The van der Waals surface area contributed by atoms with Crippen molar-refractivity contribution in [3.63, 3.8) is 0 Å². The smallest absolute Gasteiger partial charge is 0.256 e. The van der Waals surface area contributed by atoms with Gasteiger partial charge >= 0.3 is 0 Å². The number of hydrogen-bond acceptors (Lipinski definition) is 3. The monoisotopic (exact) mass is 340 g/mol. The number of carbonyl (C=O) groups excluding carboxylic acids is 1. The maximum atomic E-state index is 12.8. The normalized spacial score (nSPS) is 14.5. The van der Waals surface area contributed by atoms with Crippen LogP contribution >= 0.6 is 11.8 Å². The van der Waals surface area contributed by atoms with Crippen LogP contribution in [0.15, 0.2) is 47.4 Å². The van der Waals surface area contributed by atoms with E-state index in [-0.39, 0.29) is 5.91 Å². The molecule has 126 valence electrons. The Morgan fingerprint density at radius 2 is 1.83 bits per heavy atom. The Bertz CT molecular complexity index is 723. The van der Waals surface area contributed by atoms with E-state index in [0.717, 1.165) is 40.5 Å². The van der Waals surface area contributed by atoms with Crippen LogP contribution in [0.4, 0.5) is 11.4 Å². The summed E-state index contributed by atoms with van der Waals surface area (Å²) in [5.41, 5.74) is 3.78. The first-order valence-electron chi connectivity index (χ1n) is 8.49. The SMILES string of the molecule is CSc1ccc(C)c(C(=O)Nc2ccccc2N2CCCCC2)c1. The van der Waals surface area contributed by atoms with Crippen molar-refractivity contribution >= 4 is 29.0 Å². The molecule has 1 N–H and O–H groups in total. The van der Waals surface area contributed by atoms with Gasteiger partial charge in [0.1, 0.15) is 0 Å². The van der Waals surface area contributed by atoms with E-state index < -0.39 is 0 Å². The fraction of sp³-hybridized carbons (Fsp3) is 0.350. The minimum Gasteiger partial charge on any atom is -0.370 e. The number of thioether (sulfide) groups is 1. The molecule has 0 radical (unpaired) electrons. The van der Waals surface area contributed by atoms with Crippen LogP contribution in [0.25, 0.3) is 0 Å². The summed E-state index contributed by atoms with van der Waals surface area (Å²) in [6.45, 7) is 4.11. The van der Waals surface area contributed by atoms with Crippen molar-refractivity contribution in [1.82, 2.24) is 0 Å². The average Bonchev–Trinajstić information content (AvgIpc) is 2.63. The second-order valence-electron chi connectivity index (χ2n) is 6.20. The summed E-state index contributed by atoms with van der Waals surface area (Å²) in [5.74, 6) is -0.0344. The van der Waals surface area contributed by atoms with Crippen LogP contribution in [-0.4, -0.2) is 25.3 Å². The molecule has 0 aliphatic carbocycles. The summed E-state index contributed by atoms with van der Waals surface area (Å²) in [6.07, 6.45) is 5.76. The van der Waals surface area contributed by atoms with Gasteiger partial charge in [0.15, 0.2) is 0 Å². The van der Waals surface area contributed by atoms with Gasteiger partial charge in [0.25, 0.3) is 5.91 Å². The van der Waals surface area contributed by atoms with Crippen molar-refractivity contribution in [3.05, 3.63) is 53.6 Å². The minimum absolute atomic E-state index is 0.0344. The summed E-state index contributed by atoms with van der Waals surface area (Å²) in [4.78, 5) is 16.3. The Morgan fingerprint density at radius 3 is 2.58 bits per heavy atom. The van der Waals surface area contributed by atoms with Crippen LogP contribution in [0, 0.1) is 6.92 Å². The Hall–Kier alpha value is -1.94. The van der Waals surface area contributed by atoms with E-state index in [9.17, 15) is 4.79 Å². The third kappa shape index (κ3) is 3.75. The Balaban J connectivity index is 1.84. The number of hydrogen-bond donors (Lipinski definition) is 1. The maximum absolute atomic E-state index is 12.8. The third-order valence-electron chi connectivity index (χ3n) is 4.54. The molecule has 3 rings (SSSR count). The topological polar surface area (TPSA) is 32.3 Å². The van der Waals surface area contributed by atoms with Crippen LogP contribution in [0.2, 0.25) is 0 Å². The molecule has 1 saturated heterocycles. The zero-order chi connectivity index (χ0) is 16.9. The van der Waals surface area contributed by atoms with Gasteiger partial charge in [-0.1, -0.05) is 18.2 Å². The van der Waals surface area contributed by atoms with Gasteiger partial charge in [0.05, 0.1) is 11.4 Å². The predicted octanol–water partition coefficient (Wildman–Crippen LogP) is 4.96. The lowest BCUT2D eigenvalue weighted by molar-refractivity contribution is 0.102. The summed E-state index contributed by atoms with van der Waals surface area (Å²) < 4.78 is 0. The highest BCUT2D eigenvalue weighted by atomic mass is 32.2. The molecule has 1 aliphatic heterocycles. The first kappa shape index (κ1) is 16.9. The van der Waals surface area contributed by atoms with Crippen molar-refractivity contribution in [2.75, 3.05) is 29.6 Å². The Morgan fingerprint density at radius 1 is 1.08 bits per heavy atom. The van der Waals surface area contributed by atoms with E-state index in [1.54, 1.807) is 11.8 Å². The molecule has 24 heavy (non-hydrogen) atoms. The van der Waals surface area contributed by atoms with Gasteiger partial charge in [-0.2, -0.15) is 0 Å². The molecular formula is C20H24N2OS. The number of benzene rings is 2. The van der Waals surface area contributed by atoms with Gasteiger partial charge in [0, 0.05) is 23.5 Å². The molecule has 0 spiro atoms. The third-order valence-corrected chi connectivity index (χ3v) is 5.26. The van der Waals surface area contributed by atoms with Gasteiger partial charge in [0.2, 0.25) is 0 Å². The van der Waals surface area contributed by atoms with Crippen molar-refractivity contribution < 1.29 is 4.79 Å². The number of nitrogens with zero attached hydrogens (tertiary/aromatic N) is 1. The highest BCUT2D eigenvalue weighted by Crippen LogP contribution is 2.29. The zero-order valence-corrected chi connectivity index (χ0v) is 15.2. The fourth-order valence-corrected chi connectivity index (χ4v) is 3.59. The average molecular weight is 340 g/mol. The van der Waals surface area contributed by atoms with E-state index in [1.807, 2.05) is 43.5 Å². The molecule has 2 aromatic carbocycles. The van der Waals surface area contributed by atoms with Crippen LogP contribution in [0.3, 0.4) is 0 Å². The second kappa shape index (κ2) is 7.75. The lowest BCUT2D eigenvalue weighted by atomic mass is 10.1. The van der Waals surface area contributed by atoms with Crippen LogP contribution in [-0.2, 0) is 0 Å². The highest BCUT2D eigenvalue weighted by molar-refractivity contribution is 7.98. The van der Waals surface area contributed by atoms with E-state index >= 15 is 0 Å². The molecule has 4 heteroatoms. The molecule has 1 aliphatic rings. The molecule has 0 bridgehead atoms. The number of rotatable bonds is 4. The van der Waals surface area contributed by atoms with Crippen molar-refractivity contribution in [3.8, 4) is 0 Å². The van der Waals surface area contributed by atoms with Crippen molar-refractivity contribution in [2.24, 2.45) is 0 Å². The molecular weight excluding hydrogens is 316 g/mol. The molecule has 0 atom stereocenters. The standard InChI is InChI=1S/C20H24N2OS/c1-15-10-11-16(24-2)14-17(15)20(23)21-18-8-4-5-9-19(18)22-12-6-3-7-13-22/h4-5,8-11,14H,3,6-7,12-13H2,1-2H3,(H,21,23). The number of para-hydroxylation sites is 2. The van der Waals surface area contributed by atoms with Crippen molar-refractivity contribution in [2.45, 2.75) is 31.1 Å². The number of carbonyl (C=O) groups is 1. The fourth-order valence-electron chi connectivity index (χ4n) is 3.15. The number of anilines is 2. The number of amides is 1. The zero-order valence-electron chi connectivity index (χ0n) is 14.3. The van der Waals surface area contributed by atoms with Crippen LogP contribution < -0.4 is 10.2 Å². The van der Waals surface area contributed by atoms with Gasteiger partial charge < -0.3 is 10.2 Å². The molecule has 0 saturated carbocycles. The molecule has 1 fully saturated rings. The first-order valence-corrected chi connectivity index (χ1v) is 9.71. The predicted molar refractivity (Wildman–Crippen MR) is 103 cm³/mol. The Labute approximate surface area is 148 Å². The molecule has 1 amide bonds. The van der Waals surface area contributed by atoms with E-state index in [1.165, 1.54) is 19.3 Å². The number of piperidine rings is 1. The summed E-state index contributed by atoms with van der Waals surface area (Å²) in [7, 11) is 0. The second-order valence-corrected chi connectivity index (χ2v) is 7.08. The largest absolute Gasteiger partial charge is 0.370 e. The van der Waals surface area contributed by atoms with Crippen molar-refractivity contribution in [1.29, 1.82) is 0 Å². The van der Waals surface area contributed by atoms with Gasteiger partial charge in [-0.15, -0.1) is 11.8 Å². The summed E-state index contributed by atoms with van der Waals surface area (Å²) in [5, 5.41) is 3.13. The van der Waals surface area contributed by atoms with Crippen LogP contribution in [0.5, 0.6) is 0 Å². The summed E-state index contributed by atoms with van der Waals surface area (Å²) in [6, 6.07) is 14.2. The van der Waals surface area contributed by atoms with E-state index in [4.69, 9.17) is 0 Å². The lowest BCUT2D eigenvalue weighted by Gasteiger charge is -2.30. The van der Waals surface area contributed by atoms with E-state index in [0.29, 0.717) is 0 Å². The van der Waals surface area contributed by atoms with E-state index in [2.05, 4.69) is 22.3 Å².